The number of urea groups is 1. The molecule has 0 saturated carbocycles. The van der Waals surface area contributed by atoms with Crippen LogP contribution in [0, 0.1) is 5.41 Å². The van der Waals surface area contributed by atoms with Gasteiger partial charge >= 0.3 is 6.03 Å². The Morgan fingerprint density at radius 1 is 1.39 bits per heavy atom. The van der Waals surface area contributed by atoms with Gasteiger partial charge in [-0.1, -0.05) is 26.8 Å². The van der Waals surface area contributed by atoms with Crippen molar-refractivity contribution in [3.8, 4) is 0 Å². The van der Waals surface area contributed by atoms with E-state index in [-0.39, 0.29) is 24.0 Å². The predicted molar refractivity (Wildman–Crippen MR) is 91.5 cm³/mol. The lowest BCUT2D eigenvalue weighted by Gasteiger charge is -2.33. The zero-order valence-corrected chi connectivity index (χ0v) is 14.2. The highest BCUT2D eigenvalue weighted by atomic mass is 16.3. The third kappa shape index (κ3) is 5.39. The molecular formula is C17H28N4O2. The van der Waals surface area contributed by atoms with Crippen molar-refractivity contribution in [2.45, 2.75) is 45.8 Å². The first kappa shape index (κ1) is 17.5. The lowest BCUT2D eigenvalue weighted by atomic mass is 9.89. The second-order valence-corrected chi connectivity index (χ2v) is 7.19. The second-order valence-electron chi connectivity index (χ2n) is 7.19. The van der Waals surface area contributed by atoms with Gasteiger partial charge < -0.3 is 20.6 Å². The maximum Gasteiger partial charge on any atom is 0.315 e. The van der Waals surface area contributed by atoms with Gasteiger partial charge in [0.25, 0.3) is 0 Å². The Morgan fingerprint density at radius 3 is 2.65 bits per heavy atom. The number of aliphatic hydroxyl groups excluding tert-OH is 1. The molecule has 1 atom stereocenters. The molecule has 1 fully saturated rings. The summed E-state index contributed by atoms with van der Waals surface area (Å²) in [6.07, 6.45) is 3.03. The van der Waals surface area contributed by atoms with Crippen LogP contribution in [0.4, 0.5) is 10.6 Å². The van der Waals surface area contributed by atoms with Crippen molar-refractivity contribution in [2.75, 3.05) is 24.5 Å². The molecule has 6 heteroatoms. The summed E-state index contributed by atoms with van der Waals surface area (Å²) in [4.78, 5) is 18.5. The number of anilines is 1. The van der Waals surface area contributed by atoms with E-state index in [4.69, 9.17) is 0 Å². The van der Waals surface area contributed by atoms with Crippen molar-refractivity contribution in [1.29, 1.82) is 0 Å². The predicted octanol–water partition coefficient (Wildman–Crippen LogP) is 1.76. The lowest BCUT2D eigenvalue weighted by molar-refractivity contribution is 0.0648. The third-order valence-electron chi connectivity index (χ3n) is 4.26. The average Bonchev–Trinajstić information content (AvgIpc) is 2.53. The van der Waals surface area contributed by atoms with Crippen molar-refractivity contribution in [3.05, 3.63) is 24.4 Å². The van der Waals surface area contributed by atoms with Crippen LogP contribution in [-0.2, 0) is 0 Å². The fourth-order valence-corrected chi connectivity index (χ4v) is 2.53. The molecular weight excluding hydrogens is 292 g/mol. The molecule has 0 radical (unpaired) electrons. The van der Waals surface area contributed by atoms with Crippen LogP contribution >= 0.6 is 0 Å². The van der Waals surface area contributed by atoms with Crippen LogP contribution in [-0.4, -0.2) is 47.9 Å². The quantitative estimate of drug-likeness (QED) is 0.790. The summed E-state index contributed by atoms with van der Waals surface area (Å²) < 4.78 is 0. The molecule has 1 aliphatic rings. The van der Waals surface area contributed by atoms with Crippen molar-refractivity contribution < 1.29 is 9.90 Å². The molecule has 2 heterocycles. The second kappa shape index (κ2) is 7.64. The zero-order chi connectivity index (χ0) is 16.9. The van der Waals surface area contributed by atoms with E-state index in [0.717, 1.165) is 31.7 Å². The summed E-state index contributed by atoms with van der Waals surface area (Å²) in [5.74, 6) is 0.990. The summed E-state index contributed by atoms with van der Waals surface area (Å²) in [6, 6.07) is 5.87. The number of amides is 2. The first-order chi connectivity index (χ1) is 10.9. The number of nitrogens with one attached hydrogen (secondary N) is 2. The molecule has 0 aromatic carbocycles. The summed E-state index contributed by atoms with van der Waals surface area (Å²) in [5.41, 5.74) is -0.235. The van der Waals surface area contributed by atoms with E-state index in [1.807, 2.05) is 39.0 Å². The molecule has 0 spiro atoms. The van der Waals surface area contributed by atoms with Gasteiger partial charge in [-0.3, -0.25) is 0 Å². The number of aromatic nitrogens is 1. The fraction of sp³-hybridized carbons (Fsp3) is 0.647. The minimum Gasteiger partial charge on any atom is -0.391 e. The molecule has 1 aliphatic heterocycles. The minimum atomic E-state index is -0.556. The van der Waals surface area contributed by atoms with Crippen molar-refractivity contribution in [1.82, 2.24) is 15.6 Å². The molecule has 6 nitrogen and oxygen atoms in total. The van der Waals surface area contributed by atoms with Gasteiger partial charge in [0.05, 0.1) is 6.10 Å². The van der Waals surface area contributed by atoms with Gasteiger partial charge in [0.1, 0.15) is 5.82 Å². The number of nitrogens with zero attached hydrogens (tertiary/aromatic N) is 2. The van der Waals surface area contributed by atoms with E-state index < -0.39 is 6.10 Å². The Bertz CT molecular complexity index is 493. The monoisotopic (exact) mass is 320 g/mol. The summed E-state index contributed by atoms with van der Waals surface area (Å²) >= 11 is 0. The normalized spacial score (nSPS) is 17.7. The highest BCUT2D eigenvalue weighted by molar-refractivity contribution is 5.74. The summed E-state index contributed by atoms with van der Waals surface area (Å²) in [6.45, 7) is 7.88. The molecule has 128 valence electrons. The Hall–Kier alpha value is -1.82. The van der Waals surface area contributed by atoms with Gasteiger partial charge in [0, 0.05) is 31.9 Å². The van der Waals surface area contributed by atoms with Gasteiger partial charge in [-0.2, -0.15) is 0 Å². The summed E-state index contributed by atoms with van der Waals surface area (Å²) in [7, 11) is 0. The van der Waals surface area contributed by atoms with E-state index in [1.54, 1.807) is 6.20 Å². The molecule has 1 aromatic heterocycles. The average molecular weight is 320 g/mol. The van der Waals surface area contributed by atoms with Gasteiger partial charge in [0.15, 0.2) is 0 Å². The number of hydrogen-bond donors (Lipinski definition) is 3. The van der Waals surface area contributed by atoms with E-state index in [1.165, 1.54) is 0 Å². The van der Waals surface area contributed by atoms with E-state index in [2.05, 4.69) is 20.5 Å². The molecule has 0 aliphatic carbocycles. The van der Waals surface area contributed by atoms with Gasteiger partial charge in [-0.15, -0.1) is 0 Å². The van der Waals surface area contributed by atoms with E-state index in [9.17, 15) is 9.90 Å². The molecule has 1 unspecified atom stereocenters. The Labute approximate surface area is 138 Å². The topological polar surface area (TPSA) is 77.5 Å². The van der Waals surface area contributed by atoms with Crippen LogP contribution in [0.25, 0.3) is 0 Å². The van der Waals surface area contributed by atoms with Crippen LogP contribution < -0.4 is 15.5 Å². The van der Waals surface area contributed by atoms with Crippen LogP contribution in [0.5, 0.6) is 0 Å². The van der Waals surface area contributed by atoms with Gasteiger partial charge in [-0.25, -0.2) is 9.78 Å². The molecule has 2 rings (SSSR count). The van der Waals surface area contributed by atoms with Crippen molar-refractivity contribution in [2.24, 2.45) is 5.41 Å². The maximum absolute atomic E-state index is 11.9. The number of hydrogen-bond acceptors (Lipinski definition) is 4. The first-order valence-corrected chi connectivity index (χ1v) is 8.24. The maximum atomic E-state index is 11.9. The van der Waals surface area contributed by atoms with Crippen molar-refractivity contribution in [3.63, 3.8) is 0 Å². The number of carbonyl (C=O) groups excluding carboxylic acids is 1. The molecule has 0 bridgehead atoms. The SMILES string of the molecule is CC(C)(C)C(O)CNC(=O)NC1CCN(c2ccccn2)CC1. The van der Waals surface area contributed by atoms with E-state index in [0.29, 0.717) is 0 Å². The van der Waals surface area contributed by atoms with Gasteiger partial charge in [-0.05, 0) is 30.4 Å². The molecule has 3 N–H and O–H groups in total. The minimum absolute atomic E-state index is 0.168. The Balaban J connectivity index is 1.71. The Morgan fingerprint density at radius 2 is 2.09 bits per heavy atom. The van der Waals surface area contributed by atoms with E-state index >= 15 is 0 Å². The number of piperidine rings is 1. The van der Waals surface area contributed by atoms with Crippen LogP contribution in [0.2, 0.25) is 0 Å². The van der Waals surface area contributed by atoms with Crippen LogP contribution in [0.15, 0.2) is 24.4 Å². The molecule has 1 saturated heterocycles. The smallest absolute Gasteiger partial charge is 0.315 e. The molecule has 2 amide bonds. The van der Waals surface area contributed by atoms with Crippen molar-refractivity contribution >= 4 is 11.8 Å². The van der Waals surface area contributed by atoms with Crippen LogP contribution in [0.1, 0.15) is 33.6 Å². The standard InChI is InChI=1S/C17H28N4O2/c1-17(2,3)14(22)12-19-16(23)20-13-7-10-21(11-8-13)15-6-4-5-9-18-15/h4-6,9,13-14,22H,7-8,10-12H2,1-3H3,(H2,19,20,23). The fourth-order valence-electron chi connectivity index (χ4n) is 2.53. The molecule has 23 heavy (non-hydrogen) atoms. The van der Waals surface area contributed by atoms with Crippen LogP contribution in [0.3, 0.4) is 0 Å². The highest BCUT2D eigenvalue weighted by Gasteiger charge is 2.24. The van der Waals surface area contributed by atoms with Gasteiger partial charge in [0.2, 0.25) is 0 Å². The number of rotatable bonds is 4. The number of pyridine rings is 1. The Kier molecular flexibility index (Phi) is 5.82. The highest BCUT2D eigenvalue weighted by Crippen LogP contribution is 2.18. The third-order valence-corrected chi connectivity index (χ3v) is 4.26. The lowest BCUT2D eigenvalue weighted by Crippen LogP contribution is -2.50. The number of carbonyl (C=O) groups is 1. The summed E-state index contributed by atoms with van der Waals surface area (Å²) in [5, 5.41) is 15.7. The zero-order valence-electron chi connectivity index (χ0n) is 14.2. The first-order valence-electron chi connectivity index (χ1n) is 8.24. The number of aliphatic hydroxyl groups is 1. The largest absolute Gasteiger partial charge is 0.391 e. The molecule has 1 aromatic rings.